The largest absolute Gasteiger partial charge is 0.416 e. The van der Waals surface area contributed by atoms with Gasteiger partial charge in [0.05, 0.1) is 30.3 Å². The molecule has 3 rings (SSSR count). The van der Waals surface area contributed by atoms with E-state index in [-0.39, 0.29) is 41.5 Å². The number of hydrogen-bond acceptors (Lipinski definition) is 6. The van der Waals surface area contributed by atoms with Crippen molar-refractivity contribution < 1.29 is 33.0 Å². The molecule has 2 heterocycles. The molecule has 1 aliphatic rings. The number of rotatable bonds is 7. The van der Waals surface area contributed by atoms with Crippen molar-refractivity contribution in [1.29, 1.82) is 0 Å². The normalized spacial score (nSPS) is 15.6. The summed E-state index contributed by atoms with van der Waals surface area (Å²) in [6.45, 7) is 2.79. The van der Waals surface area contributed by atoms with Crippen molar-refractivity contribution in [2.24, 2.45) is 5.92 Å². The van der Waals surface area contributed by atoms with Gasteiger partial charge >= 0.3 is 6.18 Å². The highest BCUT2D eigenvalue weighted by Gasteiger charge is 2.42. The molecule has 2 atom stereocenters. The van der Waals surface area contributed by atoms with Crippen molar-refractivity contribution in [3.8, 4) is 0 Å². The molecule has 32 heavy (non-hydrogen) atoms. The number of amides is 2. The lowest BCUT2D eigenvalue weighted by molar-refractivity contribution is -0.138. The molecule has 172 valence electrons. The van der Waals surface area contributed by atoms with Gasteiger partial charge in [0, 0.05) is 12.1 Å². The average Bonchev–Trinajstić information content (AvgIpc) is 3.07. The van der Waals surface area contributed by atoms with Gasteiger partial charge in [0.1, 0.15) is 12.1 Å². The lowest BCUT2D eigenvalue weighted by Gasteiger charge is -2.28. The zero-order valence-corrected chi connectivity index (χ0v) is 17.4. The summed E-state index contributed by atoms with van der Waals surface area (Å²) in [5.41, 5.74) is -0.996. The van der Waals surface area contributed by atoms with Crippen LogP contribution < -0.4 is 5.32 Å². The Hall–Kier alpha value is -3.05. The Kier molecular flexibility index (Phi) is 6.79. The summed E-state index contributed by atoms with van der Waals surface area (Å²) in [5.74, 6) is -1.24. The third-order valence-corrected chi connectivity index (χ3v) is 5.11. The number of alkyl halides is 3. The van der Waals surface area contributed by atoms with E-state index in [9.17, 15) is 27.9 Å². The van der Waals surface area contributed by atoms with Crippen LogP contribution in [0.1, 0.15) is 53.6 Å². The molecule has 0 fully saturated rings. The summed E-state index contributed by atoms with van der Waals surface area (Å²) in [4.78, 5) is 34.9. The van der Waals surface area contributed by atoms with Crippen molar-refractivity contribution in [2.45, 2.75) is 45.1 Å². The van der Waals surface area contributed by atoms with Crippen molar-refractivity contribution in [3.05, 3.63) is 53.0 Å². The van der Waals surface area contributed by atoms with Gasteiger partial charge in [-0.2, -0.15) is 13.2 Å². The van der Waals surface area contributed by atoms with Crippen molar-refractivity contribution in [3.63, 3.8) is 0 Å². The topological polar surface area (TPSA) is 116 Å². The number of nitrogens with zero attached hydrogens (tertiary/aromatic N) is 3. The monoisotopic (exact) mass is 452 g/mol. The van der Waals surface area contributed by atoms with Gasteiger partial charge < -0.3 is 20.4 Å². The number of anilines is 1. The molecule has 1 aromatic carbocycles. The summed E-state index contributed by atoms with van der Waals surface area (Å²) in [7, 11) is 0. The Morgan fingerprint density at radius 1 is 1.25 bits per heavy atom. The summed E-state index contributed by atoms with van der Waals surface area (Å²) in [5, 5.41) is 21.0. The van der Waals surface area contributed by atoms with Gasteiger partial charge in [-0.3, -0.25) is 14.6 Å². The van der Waals surface area contributed by atoms with Crippen molar-refractivity contribution >= 4 is 17.6 Å². The Bertz CT molecular complexity index is 996. The van der Waals surface area contributed by atoms with Crippen LogP contribution in [-0.2, 0) is 17.5 Å². The third kappa shape index (κ3) is 4.89. The van der Waals surface area contributed by atoms with Crippen LogP contribution in [0.4, 0.5) is 19.0 Å². The molecule has 0 aliphatic carbocycles. The first-order valence-corrected chi connectivity index (χ1v) is 9.94. The van der Waals surface area contributed by atoms with Crippen LogP contribution in [0.2, 0.25) is 0 Å². The molecule has 1 unspecified atom stereocenters. The standard InChI is InChI=1S/C21H23F3N4O4/c1-11(2)6-16(19(31)27-18-8-25-15(7-26-18)17(30)10-29)28-9-13-12(20(28)32)4-3-5-14(13)21(22,23)24/h3-5,7-8,11,16-17,29-30H,6,9-10H2,1-2H3,(H,26,27,31)/t16-,17?/m0/s1. The minimum atomic E-state index is -4.62. The van der Waals surface area contributed by atoms with Crippen LogP contribution in [0.5, 0.6) is 0 Å². The van der Waals surface area contributed by atoms with Gasteiger partial charge in [0.15, 0.2) is 5.82 Å². The van der Waals surface area contributed by atoms with Gasteiger partial charge in [-0.05, 0) is 30.0 Å². The fourth-order valence-electron chi connectivity index (χ4n) is 3.57. The molecule has 2 amide bonds. The smallest absolute Gasteiger partial charge is 0.393 e. The number of benzene rings is 1. The van der Waals surface area contributed by atoms with Crippen LogP contribution in [0.15, 0.2) is 30.6 Å². The van der Waals surface area contributed by atoms with E-state index in [2.05, 4.69) is 15.3 Å². The Morgan fingerprint density at radius 3 is 2.53 bits per heavy atom. The minimum absolute atomic E-state index is 0.0301. The molecule has 8 nitrogen and oxygen atoms in total. The molecular formula is C21H23F3N4O4. The van der Waals surface area contributed by atoms with Crippen LogP contribution in [0.3, 0.4) is 0 Å². The van der Waals surface area contributed by atoms with Crippen LogP contribution in [0.25, 0.3) is 0 Å². The van der Waals surface area contributed by atoms with Crippen LogP contribution in [0, 0.1) is 5.92 Å². The van der Waals surface area contributed by atoms with Gasteiger partial charge in [0.2, 0.25) is 5.91 Å². The van der Waals surface area contributed by atoms with Gasteiger partial charge in [-0.15, -0.1) is 0 Å². The van der Waals surface area contributed by atoms with Gasteiger partial charge in [-0.1, -0.05) is 19.9 Å². The number of carbonyl (C=O) groups excluding carboxylic acids is 2. The second-order valence-electron chi connectivity index (χ2n) is 7.92. The number of aliphatic hydroxyl groups excluding tert-OH is 2. The number of aliphatic hydroxyl groups is 2. The van der Waals surface area contributed by atoms with Crippen molar-refractivity contribution in [1.82, 2.24) is 14.9 Å². The maximum atomic E-state index is 13.4. The number of carbonyl (C=O) groups is 2. The summed E-state index contributed by atoms with van der Waals surface area (Å²) in [6, 6.07) is 2.40. The van der Waals surface area contributed by atoms with E-state index < -0.39 is 42.3 Å². The molecule has 1 aromatic heterocycles. The SMILES string of the molecule is CC(C)C[C@@H](C(=O)Nc1cnc(C(O)CO)cn1)N1Cc2c(cccc2C(F)(F)F)C1=O. The van der Waals surface area contributed by atoms with E-state index in [0.717, 1.165) is 11.0 Å². The lowest BCUT2D eigenvalue weighted by atomic mass is 10.0. The highest BCUT2D eigenvalue weighted by molar-refractivity contribution is 6.03. The minimum Gasteiger partial charge on any atom is -0.393 e. The summed E-state index contributed by atoms with van der Waals surface area (Å²) >= 11 is 0. The van der Waals surface area contributed by atoms with Crippen LogP contribution >= 0.6 is 0 Å². The first-order valence-electron chi connectivity index (χ1n) is 9.94. The van der Waals surface area contributed by atoms with Crippen molar-refractivity contribution in [2.75, 3.05) is 11.9 Å². The zero-order chi connectivity index (χ0) is 23.6. The predicted molar refractivity (Wildman–Crippen MR) is 107 cm³/mol. The second kappa shape index (κ2) is 9.21. The molecule has 11 heteroatoms. The third-order valence-electron chi connectivity index (χ3n) is 5.11. The van der Waals surface area contributed by atoms with E-state index in [4.69, 9.17) is 5.11 Å². The zero-order valence-electron chi connectivity index (χ0n) is 17.4. The Balaban J connectivity index is 1.85. The number of halogens is 3. The number of nitrogens with one attached hydrogen (secondary N) is 1. The van der Waals surface area contributed by atoms with Gasteiger partial charge in [-0.25, -0.2) is 4.98 Å². The molecule has 2 aromatic rings. The van der Waals surface area contributed by atoms with E-state index in [1.807, 2.05) is 13.8 Å². The van der Waals surface area contributed by atoms with E-state index >= 15 is 0 Å². The quantitative estimate of drug-likeness (QED) is 0.595. The molecule has 0 spiro atoms. The molecule has 0 saturated heterocycles. The van der Waals surface area contributed by atoms with E-state index in [1.165, 1.54) is 24.5 Å². The number of hydrogen-bond donors (Lipinski definition) is 3. The Morgan fingerprint density at radius 2 is 1.97 bits per heavy atom. The highest BCUT2D eigenvalue weighted by atomic mass is 19.4. The predicted octanol–water partition coefficient (Wildman–Crippen LogP) is 2.53. The second-order valence-corrected chi connectivity index (χ2v) is 7.92. The first kappa shape index (κ1) is 23.6. The van der Waals surface area contributed by atoms with Gasteiger partial charge in [0.25, 0.3) is 5.91 Å². The molecule has 0 saturated carbocycles. The highest BCUT2D eigenvalue weighted by Crippen LogP contribution is 2.38. The lowest BCUT2D eigenvalue weighted by Crippen LogP contribution is -2.45. The molecule has 3 N–H and O–H groups in total. The molecule has 1 aliphatic heterocycles. The maximum Gasteiger partial charge on any atom is 0.416 e. The Labute approximate surface area is 182 Å². The average molecular weight is 452 g/mol. The molecule has 0 bridgehead atoms. The number of aromatic nitrogens is 2. The summed E-state index contributed by atoms with van der Waals surface area (Å²) in [6.07, 6.45) is -3.25. The summed E-state index contributed by atoms with van der Waals surface area (Å²) < 4.78 is 40.2. The molecule has 0 radical (unpaired) electrons. The fourth-order valence-corrected chi connectivity index (χ4v) is 3.57. The fraction of sp³-hybridized carbons (Fsp3) is 0.429. The molecular weight excluding hydrogens is 429 g/mol. The van der Waals surface area contributed by atoms with E-state index in [0.29, 0.717) is 0 Å². The van der Waals surface area contributed by atoms with Crippen LogP contribution in [-0.4, -0.2) is 49.5 Å². The maximum absolute atomic E-state index is 13.4. The first-order chi connectivity index (χ1) is 15.0. The number of fused-ring (bicyclic) bond motifs is 1. The van der Waals surface area contributed by atoms with E-state index in [1.54, 1.807) is 0 Å².